The summed E-state index contributed by atoms with van der Waals surface area (Å²) >= 11 is 6.08. The molecule has 1 aliphatic heterocycles. The Labute approximate surface area is 159 Å². The summed E-state index contributed by atoms with van der Waals surface area (Å²) in [6.45, 7) is 2.00. The Kier molecular flexibility index (Phi) is 5.91. The standard InChI is InChI=1S/C18H25ClN2O4S/c1-12-15(19)4-2-6-17(12)26(24,25)21-11-3-5-16(21)18(23)20-13-7-9-14(22)10-8-13/h2,4,6,13-14,16,22H,3,5,7-11H2,1H3,(H,20,23). The molecule has 1 atom stereocenters. The molecule has 1 amide bonds. The van der Waals surface area contributed by atoms with Crippen molar-refractivity contribution in [3.63, 3.8) is 0 Å². The fraction of sp³-hybridized carbons (Fsp3) is 0.611. The molecule has 1 aliphatic carbocycles. The lowest BCUT2D eigenvalue weighted by atomic mass is 9.93. The topological polar surface area (TPSA) is 86.7 Å². The van der Waals surface area contributed by atoms with Crippen molar-refractivity contribution in [2.45, 2.75) is 68.5 Å². The van der Waals surface area contributed by atoms with Gasteiger partial charge in [0.2, 0.25) is 15.9 Å². The summed E-state index contributed by atoms with van der Waals surface area (Å²) in [5.74, 6) is -0.243. The molecule has 0 radical (unpaired) electrons. The number of hydrogen-bond donors (Lipinski definition) is 2. The van der Waals surface area contributed by atoms with E-state index in [-0.39, 0.29) is 22.9 Å². The van der Waals surface area contributed by atoms with Crippen LogP contribution >= 0.6 is 11.6 Å². The number of nitrogens with one attached hydrogen (secondary N) is 1. The second kappa shape index (κ2) is 7.84. The zero-order valence-electron chi connectivity index (χ0n) is 14.8. The first kappa shape index (κ1) is 19.6. The molecule has 0 spiro atoms. The number of aliphatic hydroxyl groups is 1. The van der Waals surface area contributed by atoms with Crippen molar-refractivity contribution in [3.05, 3.63) is 28.8 Å². The number of hydrogen-bond acceptors (Lipinski definition) is 4. The lowest BCUT2D eigenvalue weighted by Gasteiger charge is -2.29. The highest BCUT2D eigenvalue weighted by atomic mass is 35.5. The average Bonchev–Trinajstić information content (AvgIpc) is 3.10. The van der Waals surface area contributed by atoms with Crippen LogP contribution in [0.2, 0.25) is 5.02 Å². The molecule has 2 N–H and O–H groups in total. The Morgan fingerprint density at radius 1 is 1.23 bits per heavy atom. The second-order valence-corrected chi connectivity index (χ2v) is 9.42. The van der Waals surface area contributed by atoms with Crippen LogP contribution < -0.4 is 5.32 Å². The molecular formula is C18H25ClN2O4S. The third-order valence-corrected chi connectivity index (χ3v) is 7.82. The van der Waals surface area contributed by atoms with Gasteiger partial charge < -0.3 is 10.4 Å². The maximum atomic E-state index is 13.1. The van der Waals surface area contributed by atoms with Gasteiger partial charge in [0.1, 0.15) is 6.04 Å². The minimum atomic E-state index is -3.79. The molecular weight excluding hydrogens is 376 g/mol. The lowest BCUT2D eigenvalue weighted by Crippen LogP contribution is -2.49. The van der Waals surface area contributed by atoms with E-state index in [1.54, 1.807) is 19.1 Å². The fourth-order valence-corrected chi connectivity index (χ4v) is 5.94. The van der Waals surface area contributed by atoms with Gasteiger partial charge in [-0.25, -0.2) is 8.42 Å². The Morgan fingerprint density at radius 3 is 2.62 bits per heavy atom. The maximum Gasteiger partial charge on any atom is 0.244 e. The molecule has 2 fully saturated rings. The molecule has 144 valence electrons. The Morgan fingerprint density at radius 2 is 1.92 bits per heavy atom. The predicted octanol–water partition coefficient (Wildman–Crippen LogP) is 2.22. The number of carbonyl (C=O) groups is 1. The minimum Gasteiger partial charge on any atom is -0.393 e. The van der Waals surface area contributed by atoms with Crippen LogP contribution in [-0.2, 0) is 14.8 Å². The Hall–Kier alpha value is -1.15. The van der Waals surface area contributed by atoms with Gasteiger partial charge in [0.05, 0.1) is 11.0 Å². The van der Waals surface area contributed by atoms with E-state index in [0.29, 0.717) is 42.8 Å². The van der Waals surface area contributed by atoms with E-state index in [4.69, 9.17) is 11.6 Å². The molecule has 26 heavy (non-hydrogen) atoms. The molecule has 3 rings (SSSR count). The highest BCUT2D eigenvalue weighted by molar-refractivity contribution is 7.89. The van der Waals surface area contributed by atoms with Crippen LogP contribution in [-0.4, -0.2) is 48.5 Å². The summed E-state index contributed by atoms with van der Waals surface area (Å²) in [6.07, 6.45) is 3.65. The molecule has 8 heteroatoms. The summed E-state index contributed by atoms with van der Waals surface area (Å²) in [7, 11) is -3.79. The first-order valence-electron chi connectivity index (χ1n) is 9.06. The van der Waals surface area contributed by atoms with Crippen molar-refractivity contribution in [3.8, 4) is 0 Å². The monoisotopic (exact) mass is 400 g/mol. The van der Waals surface area contributed by atoms with Crippen LogP contribution in [0, 0.1) is 6.92 Å². The highest BCUT2D eigenvalue weighted by Crippen LogP contribution is 2.31. The number of aliphatic hydroxyl groups excluding tert-OH is 1. The largest absolute Gasteiger partial charge is 0.393 e. The van der Waals surface area contributed by atoms with Gasteiger partial charge in [0, 0.05) is 17.6 Å². The van der Waals surface area contributed by atoms with Gasteiger partial charge in [0.15, 0.2) is 0 Å². The molecule has 2 aliphatic rings. The minimum absolute atomic E-state index is 0.00367. The summed E-state index contributed by atoms with van der Waals surface area (Å²) in [4.78, 5) is 12.9. The lowest BCUT2D eigenvalue weighted by molar-refractivity contribution is -0.125. The molecule has 1 aromatic carbocycles. The first-order chi connectivity index (χ1) is 12.3. The van der Waals surface area contributed by atoms with Crippen LogP contribution in [0.3, 0.4) is 0 Å². The molecule has 1 heterocycles. The maximum absolute atomic E-state index is 13.1. The van der Waals surface area contributed by atoms with Crippen molar-refractivity contribution in [1.82, 2.24) is 9.62 Å². The fourth-order valence-electron chi connectivity index (χ4n) is 3.80. The van der Waals surface area contributed by atoms with Crippen molar-refractivity contribution < 1.29 is 18.3 Å². The number of nitrogens with zero attached hydrogens (tertiary/aromatic N) is 1. The van der Waals surface area contributed by atoms with E-state index < -0.39 is 16.1 Å². The van der Waals surface area contributed by atoms with E-state index in [9.17, 15) is 18.3 Å². The van der Waals surface area contributed by atoms with Gasteiger partial charge in [0.25, 0.3) is 0 Å². The molecule has 1 unspecified atom stereocenters. The van der Waals surface area contributed by atoms with Gasteiger partial charge in [-0.1, -0.05) is 17.7 Å². The molecule has 1 aromatic rings. The van der Waals surface area contributed by atoms with Gasteiger partial charge in [-0.05, 0) is 63.1 Å². The highest BCUT2D eigenvalue weighted by Gasteiger charge is 2.40. The van der Waals surface area contributed by atoms with Crippen LogP contribution in [0.5, 0.6) is 0 Å². The van der Waals surface area contributed by atoms with Gasteiger partial charge in [-0.2, -0.15) is 4.31 Å². The van der Waals surface area contributed by atoms with E-state index in [1.165, 1.54) is 10.4 Å². The molecule has 1 saturated heterocycles. The number of amides is 1. The van der Waals surface area contributed by atoms with Gasteiger partial charge >= 0.3 is 0 Å². The van der Waals surface area contributed by atoms with Crippen molar-refractivity contribution in [2.24, 2.45) is 0 Å². The summed E-state index contributed by atoms with van der Waals surface area (Å²) < 4.78 is 27.5. The number of halogens is 1. The van der Waals surface area contributed by atoms with Crippen LogP contribution in [0.4, 0.5) is 0 Å². The zero-order chi connectivity index (χ0) is 18.9. The third kappa shape index (κ3) is 3.91. The van der Waals surface area contributed by atoms with E-state index >= 15 is 0 Å². The second-order valence-electron chi connectivity index (χ2n) is 7.15. The van der Waals surface area contributed by atoms with Gasteiger partial charge in [-0.3, -0.25) is 4.79 Å². The quantitative estimate of drug-likeness (QED) is 0.811. The predicted molar refractivity (Wildman–Crippen MR) is 99.5 cm³/mol. The Bertz CT molecular complexity index is 775. The SMILES string of the molecule is Cc1c(Cl)cccc1S(=O)(=O)N1CCCC1C(=O)NC1CCC(O)CC1. The van der Waals surface area contributed by atoms with Crippen LogP contribution in [0.15, 0.2) is 23.1 Å². The number of sulfonamides is 1. The summed E-state index contributed by atoms with van der Waals surface area (Å²) in [5, 5.41) is 13.0. The van der Waals surface area contributed by atoms with Crippen LogP contribution in [0.1, 0.15) is 44.1 Å². The smallest absolute Gasteiger partial charge is 0.244 e. The Balaban J connectivity index is 1.77. The summed E-state index contributed by atoms with van der Waals surface area (Å²) in [5.41, 5.74) is 0.501. The van der Waals surface area contributed by atoms with Crippen LogP contribution in [0.25, 0.3) is 0 Å². The zero-order valence-corrected chi connectivity index (χ0v) is 16.4. The number of rotatable bonds is 4. The first-order valence-corrected chi connectivity index (χ1v) is 10.9. The third-order valence-electron chi connectivity index (χ3n) is 5.35. The molecule has 1 saturated carbocycles. The number of benzene rings is 1. The number of carbonyl (C=O) groups excluding carboxylic acids is 1. The van der Waals surface area contributed by atoms with Crippen molar-refractivity contribution in [1.29, 1.82) is 0 Å². The van der Waals surface area contributed by atoms with E-state index in [2.05, 4.69) is 5.32 Å². The average molecular weight is 401 g/mol. The summed E-state index contributed by atoms with van der Waals surface area (Å²) in [6, 6.07) is 4.11. The van der Waals surface area contributed by atoms with Gasteiger partial charge in [-0.15, -0.1) is 0 Å². The molecule has 6 nitrogen and oxygen atoms in total. The normalized spacial score (nSPS) is 27.4. The van der Waals surface area contributed by atoms with Crippen molar-refractivity contribution >= 4 is 27.5 Å². The molecule has 0 aromatic heterocycles. The molecule has 0 bridgehead atoms. The van der Waals surface area contributed by atoms with Crippen molar-refractivity contribution in [2.75, 3.05) is 6.54 Å². The van der Waals surface area contributed by atoms with E-state index in [0.717, 1.165) is 12.8 Å². The van der Waals surface area contributed by atoms with E-state index in [1.807, 2.05) is 0 Å².